The Bertz CT molecular complexity index is 849. The van der Waals surface area contributed by atoms with Gasteiger partial charge >= 0.3 is 0 Å². The number of nitrogens with one attached hydrogen (secondary N) is 1. The van der Waals surface area contributed by atoms with E-state index in [9.17, 15) is 9.59 Å². The summed E-state index contributed by atoms with van der Waals surface area (Å²) in [4.78, 5) is 25.8. The second-order valence-electron chi connectivity index (χ2n) is 7.78. The number of rotatable bonds is 8. The summed E-state index contributed by atoms with van der Waals surface area (Å²) in [6.45, 7) is 6.81. The highest BCUT2D eigenvalue weighted by Crippen LogP contribution is 2.22. The molecule has 1 heterocycles. The van der Waals surface area contributed by atoms with Gasteiger partial charge in [0.1, 0.15) is 5.75 Å². The third-order valence-electron chi connectivity index (χ3n) is 5.42. The topological polar surface area (TPSA) is 84.7 Å². The molecule has 0 unspecified atom stereocenters. The van der Waals surface area contributed by atoms with E-state index >= 15 is 0 Å². The van der Waals surface area contributed by atoms with E-state index in [1.54, 1.807) is 24.3 Å². The Morgan fingerprint density at radius 3 is 2.45 bits per heavy atom. The maximum atomic E-state index is 12.3. The molecule has 1 aliphatic rings. The molecule has 0 bridgehead atoms. The second-order valence-corrected chi connectivity index (χ2v) is 7.78. The van der Waals surface area contributed by atoms with Gasteiger partial charge in [-0.25, -0.2) is 0 Å². The van der Waals surface area contributed by atoms with Crippen LogP contribution < -0.4 is 15.8 Å². The fourth-order valence-corrected chi connectivity index (χ4v) is 3.72. The predicted molar refractivity (Wildman–Crippen MR) is 113 cm³/mol. The maximum absolute atomic E-state index is 12.3. The van der Waals surface area contributed by atoms with E-state index in [0.29, 0.717) is 23.8 Å². The van der Waals surface area contributed by atoms with Gasteiger partial charge in [-0.3, -0.25) is 14.5 Å². The number of primary amides is 1. The van der Waals surface area contributed by atoms with Crippen LogP contribution in [0.5, 0.6) is 5.75 Å². The standard InChI is InChI=1S/C23H29N3O3/c1-16(2)21(26-12-11-17-5-3-4-6-19(17)14-26)13-25-22(27)15-29-20-9-7-18(8-10-20)23(24)28/h3-10,16,21H,11-15H2,1-2H3,(H2,24,28)(H,25,27)/t21-/m1/s1. The van der Waals surface area contributed by atoms with Crippen molar-refractivity contribution >= 4 is 11.8 Å². The third-order valence-corrected chi connectivity index (χ3v) is 5.42. The maximum Gasteiger partial charge on any atom is 0.257 e. The Balaban J connectivity index is 1.50. The van der Waals surface area contributed by atoms with Gasteiger partial charge < -0.3 is 15.8 Å². The predicted octanol–water partition coefficient (Wildman–Crippen LogP) is 2.36. The molecule has 0 spiro atoms. The number of benzene rings is 2. The Hall–Kier alpha value is -2.86. The SMILES string of the molecule is CC(C)[C@@H](CNC(=O)COc1ccc(C(N)=O)cc1)N1CCc2ccccc2C1. The van der Waals surface area contributed by atoms with E-state index in [1.165, 1.54) is 11.1 Å². The average Bonchev–Trinajstić information content (AvgIpc) is 2.72. The number of nitrogens with zero attached hydrogens (tertiary/aromatic N) is 1. The van der Waals surface area contributed by atoms with Crippen LogP contribution in [0.3, 0.4) is 0 Å². The molecule has 2 amide bonds. The third kappa shape index (κ3) is 5.57. The van der Waals surface area contributed by atoms with Crippen LogP contribution in [0.1, 0.15) is 35.3 Å². The van der Waals surface area contributed by atoms with Gasteiger partial charge in [0.05, 0.1) is 0 Å². The molecule has 6 heteroatoms. The molecule has 0 aliphatic carbocycles. The van der Waals surface area contributed by atoms with Gasteiger partial charge in [0.25, 0.3) is 5.91 Å². The minimum absolute atomic E-state index is 0.0659. The number of ether oxygens (including phenoxy) is 1. The highest BCUT2D eigenvalue weighted by atomic mass is 16.5. The lowest BCUT2D eigenvalue weighted by molar-refractivity contribution is -0.123. The van der Waals surface area contributed by atoms with Crippen LogP contribution in [0.15, 0.2) is 48.5 Å². The van der Waals surface area contributed by atoms with E-state index in [1.807, 2.05) is 0 Å². The Labute approximate surface area is 172 Å². The summed E-state index contributed by atoms with van der Waals surface area (Å²) in [5, 5.41) is 3.01. The van der Waals surface area contributed by atoms with Crippen molar-refractivity contribution in [3.8, 4) is 5.75 Å². The Morgan fingerprint density at radius 1 is 1.10 bits per heavy atom. The molecule has 2 aromatic carbocycles. The summed E-state index contributed by atoms with van der Waals surface area (Å²) in [5.74, 6) is 0.294. The first-order valence-electron chi connectivity index (χ1n) is 10.0. The zero-order valence-electron chi connectivity index (χ0n) is 17.1. The number of fused-ring (bicyclic) bond motifs is 1. The molecule has 1 atom stereocenters. The van der Waals surface area contributed by atoms with Crippen molar-refractivity contribution in [3.05, 3.63) is 65.2 Å². The van der Waals surface area contributed by atoms with Gasteiger partial charge in [-0.1, -0.05) is 38.1 Å². The van der Waals surface area contributed by atoms with Crippen molar-refractivity contribution in [1.82, 2.24) is 10.2 Å². The van der Waals surface area contributed by atoms with Crippen molar-refractivity contribution in [2.45, 2.75) is 32.9 Å². The average molecular weight is 396 g/mol. The molecule has 0 saturated heterocycles. The summed E-state index contributed by atoms with van der Waals surface area (Å²) in [6, 6.07) is 15.3. The number of nitrogens with two attached hydrogens (primary N) is 1. The zero-order valence-corrected chi connectivity index (χ0v) is 17.1. The van der Waals surface area contributed by atoms with Crippen LogP contribution in [0.25, 0.3) is 0 Å². The first-order valence-corrected chi connectivity index (χ1v) is 10.0. The smallest absolute Gasteiger partial charge is 0.257 e. The first kappa shape index (κ1) is 20.9. The molecular formula is C23H29N3O3. The number of carbonyl (C=O) groups is 2. The van der Waals surface area contributed by atoms with Crippen LogP contribution in [0, 0.1) is 5.92 Å². The van der Waals surface area contributed by atoms with E-state index in [-0.39, 0.29) is 18.6 Å². The summed E-state index contributed by atoms with van der Waals surface area (Å²) in [6.07, 6.45) is 1.04. The normalized spacial score (nSPS) is 14.9. The molecular weight excluding hydrogens is 366 g/mol. The van der Waals surface area contributed by atoms with Crippen molar-refractivity contribution in [3.63, 3.8) is 0 Å². The minimum atomic E-state index is -0.491. The van der Waals surface area contributed by atoms with Crippen molar-refractivity contribution < 1.29 is 14.3 Å². The summed E-state index contributed by atoms with van der Waals surface area (Å²) in [5.41, 5.74) is 8.42. The van der Waals surface area contributed by atoms with Crippen molar-refractivity contribution in [2.24, 2.45) is 11.7 Å². The van der Waals surface area contributed by atoms with Gasteiger partial charge in [0.2, 0.25) is 5.91 Å². The van der Waals surface area contributed by atoms with E-state index < -0.39 is 5.91 Å². The van der Waals surface area contributed by atoms with Crippen LogP contribution >= 0.6 is 0 Å². The van der Waals surface area contributed by atoms with Gasteiger partial charge in [0.15, 0.2) is 6.61 Å². The lowest BCUT2D eigenvalue weighted by Gasteiger charge is -2.38. The molecule has 3 rings (SSSR count). The lowest BCUT2D eigenvalue weighted by atomic mass is 9.95. The largest absolute Gasteiger partial charge is 0.484 e. The highest BCUT2D eigenvalue weighted by molar-refractivity contribution is 5.92. The van der Waals surface area contributed by atoms with E-state index in [0.717, 1.165) is 19.5 Å². The summed E-state index contributed by atoms with van der Waals surface area (Å²) in [7, 11) is 0. The van der Waals surface area contributed by atoms with Gasteiger partial charge in [-0.15, -0.1) is 0 Å². The summed E-state index contributed by atoms with van der Waals surface area (Å²) >= 11 is 0. The first-order chi connectivity index (χ1) is 13.9. The molecule has 154 valence electrons. The molecule has 6 nitrogen and oxygen atoms in total. The quantitative estimate of drug-likeness (QED) is 0.719. The van der Waals surface area contributed by atoms with E-state index in [4.69, 9.17) is 10.5 Å². The molecule has 1 aliphatic heterocycles. The van der Waals surface area contributed by atoms with Crippen molar-refractivity contribution in [1.29, 1.82) is 0 Å². The fraction of sp³-hybridized carbons (Fsp3) is 0.391. The van der Waals surface area contributed by atoms with Gasteiger partial charge in [0, 0.05) is 31.2 Å². The van der Waals surface area contributed by atoms with Crippen LogP contribution in [0.2, 0.25) is 0 Å². The molecule has 0 saturated carbocycles. The highest BCUT2D eigenvalue weighted by Gasteiger charge is 2.26. The Morgan fingerprint density at radius 2 is 1.79 bits per heavy atom. The van der Waals surface area contributed by atoms with Crippen LogP contribution in [-0.4, -0.2) is 42.5 Å². The molecule has 3 N–H and O–H groups in total. The number of hydrogen-bond acceptors (Lipinski definition) is 4. The fourth-order valence-electron chi connectivity index (χ4n) is 3.72. The zero-order chi connectivity index (χ0) is 20.8. The van der Waals surface area contributed by atoms with E-state index in [2.05, 4.69) is 48.3 Å². The van der Waals surface area contributed by atoms with Crippen LogP contribution in [-0.2, 0) is 17.8 Å². The van der Waals surface area contributed by atoms with Crippen molar-refractivity contribution in [2.75, 3.05) is 19.7 Å². The summed E-state index contributed by atoms with van der Waals surface area (Å²) < 4.78 is 5.51. The lowest BCUT2D eigenvalue weighted by Crippen LogP contribution is -2.49. The number of hydrogen-bond donors (Lipinski definition) is 2. The monoisotopic (exact) mass is 395 g/mol. The minimum Gasteiger partial charge on any atom is -0.484 e. The molecule has 0 radical (unpaired) electrons. The molecule has 0 fully saturated rings. The van der Waals surface area contributed by atoms with Gasteiger partial charge in [-0.05, 0) is 47.7 Å². The second kappa shape index (κ2) is 9.56. The number of amides is 2. The molecule has 2 aromatic rings. The van der Waals surface area contributed by atoms with Crippen LogP contribution in [0.4, 0.5) is 0 Å². The van der Waals surface area contributed by atoms with Gasteiger partial charge in [-0.2, -0.15) is 0 Å². The number of carbonyl (C=O) groups excluding carboxylic acids is 2. The molecule has 0 aromatic heterocycles. The molecule has 29 heavy (non-hydrogen) atoms. The Kier molecular flexibility index (Phi) is 6.88.